The highest BCUT2D eigenvalue weighted by Crippen LogP contribution is 2.38. The molecule has 0 aliphatic heterocycles. The minimum Gasteiger partial charge on any atom is -0.320 e. The minimum absolute atomic E-state index is 0.0600. The zero-order valence-corrected chi connectivity index (χ0v) is 22.5. The van der Waals surface area contributed by atoms with Crippen molar-refractivity contribution < 1.29 is 4.48 Å². The molecule has 0 aromatic heterocycles. The molecule has 1 heteroatoms. The van der Waals surface area contributed by atoms with Crippen LogP contribution in [0.4, 0.5) is 0 Å². The number of nitrogens with zero attached hydrogens (tertiary/aromatic N) is 1. The number of hydrogen-bond acceptors (Lipinski definition) is 0. The molecule has 0 amide bonds. The van der Waals surface area contributed by atoms with E-state index in [-0.39, 0.29) is 5.54 Å². The first kappa shape index (κ1) is 27.6. The van der Waals surface area contributed by atoms with E-state index in [9.17, 15) is 0 Å². The van der Waals surface area contributed by atoms with Gasteiger partial charge in [0.15, 0.2) is 0 Å². The molecule has 33 heavy (non-hydrogen) atoms. The largest absolute Gasteiger partial charge is 0.320 e. The van der Waals surface area contributed by atoms with E-state index in [2.05, 4.69) is 89.5 Å². The number of hydrogen-bond donors (Lipinski definition) is 0. The van der Waals surface area contributed by atoms with Gasteiger partial charge in [-0.05, 0) is 37.8 Å². The summed E-state index contributed by atoms with van der Waals surface area (Å²) in [5, 5.41) is 0. The van der Waals surface area contributed by atoms with Crippen molar-refractivity contribution in [2.75, 3.05) is 20.6 Å². The van der Waals surface area contributed by atoms with Crippen LogP contribution < -0.4 is 0 Å². The van der Waals surface area contributed by atoms with Crippen LogP contribution in [-0.4, -0.2) is 25.1 Å². The van der Waals surface area contributed by atoms with Gasteiger partial charge in [0.1, 0.15) is 5.54 Å². The maximum Gasteiger partial charge on any atom is 0.126 e. The fraction of sp³-hybridized carbons (Fsp3) is 0.625. The van der Waals surface area contributed by atoms with Gasteiger partial charge in [-0.25, -0.2) is 0 Å². The van der Waals surface area contributed by atoms with E-state index in [1.165, 1.54) is 100 Å². The molecule has 0 saturated heterocycles. The van der Waals surface area contributed by atoms with Crippen LogP contribution in [0.5, 0.6) is 0 Å². The molecule has 0 saturated carbocycles. The van der Waals surface area contributed by atoms with Crippen molar-refractivity contribution in [1.82, 2.24) is 0 Å². The molecule has 1 unspecified atom stereocenters. The third-order valence-corrected chi connectivity index (χ3v) is 8.02. The predicted molar refractivity (Wildman–Crippen MR) is 147 cm³/mol. The lowest BCUT2D eigenvalue weighted by Gasteiger charge is -2.48. The Hall–Kier alpha value is -1.60. The third-order valence-electron chi connectivity index (χ3n) is 8.02. The average molecular weight is 451 g/mol. The Morgan fingerprint density at radius 1 is 0.636 bits per heavy atom. The molecule has 0 heterocycles. The number of aryl methyl sites for hydroxylation is 1. The fourth-order valence-electron chi connectivity index (χ4n) is 5.40. The molecular formula is C32H52N+. The predicted octanol–water partition coefficient (Wildman–Crippen LogP) is 9.23. The van der Waals surface area contributed by atoms with Gasteiger partial charge < -0.3 is 4.48 Å². The Kier molecular flexibility index (Phi) is 12.2. The van der Waals surface area contributed by atoms with Gasteiger partial charge in [0.25, 0.3) is 0 Å². The normalized spacial score (nSPS) is 13.7. The quantitative estimate of drug-likeness (QED) is 0.166. The van der Waals surface area contributed by atoms with Crippen LogP contribution in [0.15, 0.2) is 54.6 Å². The highest BCUT2D eigenvalue weighted by atomic mass is 15.4. The van der Waals surface area contributed by atoms with Crippen LogP contribution in [0.3, 0.4) is 0 Å². The Morgan fingerprint density at radius 3 is 1.67 bits per heavy atom. The summed E-state index contributed by atoms with van der Waals surface area (Å²) in [6.07, 6.45) is 18.0. The van der Waals surface area contributed by atoms with Gasteiger partial charge in [0.2, 0.25) is 0 Å². The van der Waals surface area contributed by atoms with Crippen LogP contribution in [0, 0.1) is 6.92 Å². The Balaban J connectivity index is 1.84. The van der Waals surface area contributed by atoms with E-state index in [1.54, 1.807) is 0 Å². The molecule has 184 valence electrons. The summed E-state index contributed by atoms with van der Waals surface area (Å²) in [5.74, 6) is 0. The number of quaternary nitrogens is 1. The molecule has 0 aliphatic carbocycles. The summed E-state index contributed by atoms with van der Waals surface area (Å²) in [5.41, 5.74) is 4.41. The molecule has 0 bridgehead atoms. The zero-order chi connectivity index (χ0) is 24.0. The minimum atomic E-state index is 0.0600. The van der Waals surface area contributed by atoms with Crippen molar-refractivity contribution >= 4 is 0 Å². The number of likely N-dealkylation sites (N-methyl/N-ethyl adjacent to an activating group) is 1. The highest BCUT2D eigenvalue weighted by molar-refractivity contribution is 5.33. The Labute approximate surface area is 206 Å². The molecule has 0 fully saturated rings. The summed E-state index contributed by atoms with van der Waals surface area (Å²) in [6.45, 7) is 8.30. The van der Waals surface area contributed by atoms with Gasteiger partial charge in [-0.3, -0.25) is 0 Å². The topological polar surface area (TPSA) is 0 Å². The lowest BCUT2D eigenvalue weighted by atomic mass is 9.80. The molecule has 1 nitrogen and oxygen atoms in total. The van der Waals surface area contributed by atoms with Crippen molar-refractivity contribution in [3.05, 3.63) is 71.3 Å². The van der Waals surface area contributed by atoms with E-state index >= 15 is 0 Å². The monoisotopic (exact) mass is 450 g/mol. The summed E-state index contributed by atoms with van der Waals surface area (Å²) in [6, 6.07) is 20.1. The van der Waals surface area contributed by atoms with Gasteiger partial charge in [0.05, 0.1) is 20.6 Å². The Morgan fingerprint density at radius 2 is 1.12 bits per heavy atom. The van der Waals surface area contributed by atoms with E-state index in [0.29, 0.717) is 0 Å². The van der Waals surface area contributed by atoms with E-state index in [1.807, 2.05) is 0 Å². The van der Waals surface area contributed by atoms with Crippen LogP contribution in [0.25, 0.3) is 0 Å². The number of unbranched alkanes of at least 4 members (excludes halogenated alkanes) is 11. The Bertz CT molecular complexity index is 763. The second kappa shape index (κ2) is 14.6. The summed E-state index contributed by atoms with van der Waals surface area (Å²) < 4.78 is 1.03. The van der Waals surface area contributed by atoms with Crippen molar-refractivity contribution in [2.24, 2.45) is 0 Å². The lowest BCUT2D eigenvalue weighted by Crippen LogP contribution is -2.57. The zero-order valence-electron chi connectivity index (χ0n) is 22.5. The number of benzene rings is 2. The first-order chi connectivity index (χ1) is 15.9. The molecular weight excluding hydrogens is 398 g/mol. The van der Waals surface area contributed by atoms with E-state index < -0.39 is 0 Å². The second-order valence-electron chi connectivity index (χ2n) is 11.0. The van der Waals surface area contributed by atoms with Crippen molar-refractivity contribution in [1.29, 1.82) is 0 Å². The SMILES string of the molecule is CCCCCCCCCCCCCC[N+](C)(C)C(C)(Cc1ccccc1)c1ccccc1C. The smallest absolute Gasteiger partial charge is 0.126 e. The van der Waals surface area contributed by atoms with Crippen LogP contribution in [-0.2, 0) is 12.0 Å². The summed E-state index contributed by atoms with van der Waals surface area (Å²) >= 11 is 0. The molecule has 1 atom stereocenters. The molecule has 2 rings (SSSR count). The maximum absolute atomic E-state index is 2.49. The van der Waals surface area contributed by atoms with Gasteiger partial charge in [0, 0.05) is 12.0 Å². The lowest BCUT2D eigenvalue weighted by molar-refractivity contribution is -0.948. The van der Waals surface area contributed by atoms with Crippen molar-refractivity contribution in [3.63, 3.8) is 0 Å². The number of rotatable bonds is 17. The van der Waals surface area contributed by atoms with E-state index in [0.717, 1.165) is 10.9 Å². The van der Waals surface area contributed by atoms with Gasteiger partial charge in [-0.1, -0.05) is 126 Å². The third kappa shape index (κ3) is 8.93. The van der Waals surface area contributed by atoms with Crippen LogP contribution in [0.2, 0.25) is 0 Å². The van der Waals surface area contributed by atoms with Crippen molar-refractivity contribution in [2.45, 2.75) is 110 Å². The van der Waals surface area contributed by atoms with Gasteiger partial charge >= 0.3 is 0 Å². The molecule has 0 N–H and O–H groups in total. The van der Waals surface area contributed by atoms with Gasteiger partial charge in [-0.15, -0.1) is 0 Å². The molecule has 0 aliphatic rings. The highest BCUT2D eigenvalue weighted by Gasteiger charge is 2.43. The van der Waals surface area contributed by atoms with Gasteiger partial charge in [-0.2, -0.15) is 0 Å². The van der Waals surface area contributed by atoms with Crippen molar-refractivity contribution in [3.8, 4) is 0 Å². The van der Waals surface area contributed by atoms with Crippen LogP contribution in [0.1, 0.15) is 108 Å². The molecule has 0 spiro atoms. The van der Waals surface area contributed by atoms with E-state index in [4.69, 9.17) is 0 Å². The fourth-order valence-corrected chi connectivity index (χ4v) is 5.40. The molecule has 2 aromatic carbocycles. The molecule has 2 aromatic rings. The first-order valence-corrected chi connectivity index (χ1v) is 13.8. The van der Waals surface area contributed by atoms with Crippen LogP contribution >= 0.6 is 0 Å². The summed E-state index contributed by atoms with van der Waals surface area (Å²) in [4.78, 5) is 0. The average Bonchev–Trinajstić information content (AvgIpc) is 2.80. The maximum atomic E-state index is 2.49. The molecule has 0 radical (unpaired) electrons. The second-order valence-corrected chi connectivity index (χ2v) is 11.0. The summed E-state index contributed by atoms with van der Waals surface area (Å²) in [7, 11) is 4.90. The standard InChI is InChI=1S/C32H52N/c1-6-7-8-9-10-11-12-13-14-15-16-22-27-33(4,5)32(3,28-30-24-18-17-19-25-30)31-26-21-20-23-29(31)2/h17-21,23-26H,6-16,22,27-28H2,1-5H3/q+1. The first-order valence-electron chi connectivity index (χ1n) is 13.8.